The summed E-state index contributed by atoms with van der Waals surface area (Å²) in [5, 5.41) is 17.4. The van der Waals surface area contributed by atoms with Crippen LogP contribution >= 0.6 is 0 Å². The maximum Gasteiger partial charge on any atom is 0.321 e. The molecular formula is C32H38N8O. The molecule has 0 radical (unpaired) electrons. The Kier molecular flexibility index (Phi) is 9.03. The van der Waals surface area contributed by atoms with Crippen LogP contribution in [-0.4, -0.2) is 49.8 Å². The number of nitrogens with zero attached hydrogens (tertiary/aromatic N) is 6. The molecule has 0 saturated heterocycles. The van der Waals surface area contributed by atoms with Gasteiger partial charge >= 0.3 is 6.03 Å². The highest BCUT2D eigenvalue weighted by molar-refractivity contribution is 5.94. The Labute approximate surface area is 241 Å². The summed E-state index contributed by atoms with van der Waals surface area (Å²) in [4.78, 5) is 19.6. The molecule has 0 saturated carbocycles. The normalized spacial score (nSPS) is 11.2. The predicted octanol–water partition coefficient (Wildman–Crippen LogP) is 6.61. The Balaban J connectivity index is 1.44. The molecule has 0 spiro atoms. The molecule has 0 aliphatic carbocycles. The Morgan fingerprint density at radius 2 is 1.73 bits per heavy atom. The van der Waals surface area contributed by atoms with Gasteiger partial charge in [-0.3, -0.25) is 4.90 Å². The van der Waals surface area contributed by atoms with E-state index >= 15 is 0 Å². The van der Waals surface area contributed by atoms with Crippen LogP contribution in [0, 0.1) is 0 Å². The van der Waals surface area contributed by atoms with Crippen molar-refractivity contribution in [3.63, 3.8) is 0 Å². The van der Waals surface area contributed by atoms with Crippen LogP contribution in [0.25, 0.3) is 33.5 Å². The van der Waals surface area contributed by atoms with Crippen LogP contribution in [0.4, 0.5) is 10.5 Å². The third-order valence-corrected chi connectivity index (χ3v) is 7.44. The first kappa shape index (κ1) is 28.0. The summed E-state index contributed by atoms with van der Waals surface area (Å²) < 4.78 is 2.32. The smallest absolute Gasteiger partial charge is 0.321 e. The lowest BCUT2D eigenvalue weighted by Gasteiger charge is -2.22. The fraction of sp³-hybridized carbons (Fsp3) is 0.344. The molecule has 2 N–H and O–H groups in total. The summed E-state index contributed by atoms with van der Waals surface area (Å²) in [6.07, 6.45) is 6.25. The monoisotopic (exact) mass is 550 g/mol. The third kappa shape index (κ3) is 6.29. The van der Waals surface area contributed by atoms with E-state index in [1.807, 2.05) is 29.2 Å². The first-order valence-electron chi connectivity index (χ1n) is 14.5. The SMILES string of the molecule is CCCCCN(C(=O)NC)c1ccc2c(c1)nc(CCCC)n2Cc1ccc(-c2ccccc2-c2nn[nH]n2)cc1. The number of nitrogens with one attached hydrogen (secondary N) is 2. The molecule has 2 heterocycles. The van der Waals surface area contributed by atoms with Gasteiger partial charge in [0.2, 0.25) is 5.82 Å². The van der Waals surface area contributed by atoms with Gasteiger partial charge < -0.3 is 9.88 Å². The molecule has 2 amide bonds. The zero-order valence-corrected chi connectivity index (χ0v) is 24.1. The van der Waals surface area contributed by atoms with Gasteiger partial charge in [0.25, 0.3) is 0 Å². The zero-order valence-electron chi connectivity index (χ0n) is 24.1. The molecule has 5 aromatic rings. The van der Waals surface area contributed by atoms with E-state index in [1.54, 1.807) is 7.05 Å². The minimum absolute atomic E-state index is 0.0907. The van der Waals surface area contributed by atoms with Crippen LogP contribution in [0.2, 0.25) is 0 Å². The summed E-state index contributed by atoms with van der Waals surface area (Å²) in [5.41, 5.74) is 7.16. The number of unbranched alkanes of at least 4 members (excludes halogenated alkanes) is 3. The Morgan fingerprint density at radius 1 is 0.951 bits per heavy atom. The van der Waals surface area contributed by atoms with Gasteiger partial charge in [-0.15, -0.1) is 10.2 Å². The second-order valence-electron chi connectivity index (χ2n) is 10.3. The van der Waals surface area contributed by atoms with Crippen molar-refractivity contribution in [1.29, 1.82) is 0 Å². The second kappa shape index (κ2) is 13.2. The van der Waals surface area contributed by atoms with Gasteiger partial charge in [-0.1, -0.05) is 81.6 Å². The maximum absolute atomic E-state index is 12.7. The molecule has 0 aliphatic heterocycles. The molecule has 41 heavy (non-hydrogen) atoms. The molecule has 3 aromatic carbocycles. The molecular weight excluding hydrogens is 512 g/mol. The maximum atomic E-state index is 12.7. The average Bonchev–Trinajstić information content (AvgIpc) is 3.67. The van der Waals surface area contributed by atoms with Crippen LogP contribution in [-0.2, 0) is 13.0 Å². The van der Waals surface area contributed by atoms with Gasteiger partial charge in [-0.25, -0.2) is 9.78 Å². The number of carbonyl (C=O) groups excluding carboxylic acids is 1. The van der Waals surface area contributed by atoms with Gasteiger partial charge in [-0.05, 0) is 52.9 Å². The third-order valence-electron chi connectivity index (χ3n) is 7.44. The summed E-state index contributed by atoms with van der Waals surface area (Å²) >= 11 is 0. The van der Waals surface area contributed by atoms with E-state index in [1.165, 1.54) is 5.56 Å². The number of urea groups is 1. The number of amides is 2. The van der Waals surface area contributed by atoms with Gasteiger partial charge in [-0.2, -0.15) is 5.21 Å². The van der Waals surface area contributed by atoms with E-state index in [0.717, 1.165) is 84.3 Å². The molecule has 0 unspecified atom stereocenters. The number of imidazole rings is 1. The highest BCUT2D eigenvalue weighted by Crippen LogP contribution is 2.30. The zero-order chi connectivity index (χ0) is 28.6. The molecule has 0 fully saturated rings. The number of benzene rings is 3. The Morgan fingerprint density at radius 3 is 2.44 bits per heavy atom. The van der Waals surface area contributed by atoms with Crippen molar-refractivity contribution >= 4 is 22.8 Å². The fourth-order valence-electron chi connectivity index (χ4n) is 5.22. The lowest BCUT2D eigenvalue weighted by Crippen LogP contribution is -2.38. The summed E-state index contributed by atoms with van der Waals surface area (Å²) in [5.74, 6) is 1.65. The summed E-state index contributed by atoms with van der Waals surface area (Å²) in [7, 11) is 1.68. The van der Waals surface area contributed by atoms with Gasteiger partial charge in [0.15, 0.2) is 0 Å². The van der Waals surface area contributed by atoms with Crippen LogP contribution in [0.1, 0.15) is 57.3 Å². The number of anilines is 1. The van der Waals surface area contributed by atoms with Crippen molar-refractivity contribution in [2.24, 2.45) is 0 Å². The van der Waals surface area contributed by atoms with Crippen LogP contribution in [0.3, 0.4) is 0 Å². The van der Waals surface area contributed by atoms with E-state index in [2.05, 4.69) is 86.8 Å². The number of rotatable bonds is 12. The minimum Gasteiger partial charge on any atom is -0.341 e. The number of aromatic amines is 1. The number of aromatic nitrogens is 6. The Bertz CT molecular complexity index is 1570. The van der Waals surface area contributed by atoms with E-state index in [9.17, 15) is 4.79 Å². The molecule has 0 atom stereocenters. The standard InChI is InChI=1S/C32H38N8O/c1-4-6-10-20-39(32(41)33-3)25-18-19-29-28(21-25)34-30(13-7-5-2)40(29)22-23-14-16-24(17-15-23)26-11-8-9-12-27(26)31-35-37-38-36-31/h8-9,11-12,14-19,21H,4-7,10,13,20,22H2,1-3H3,(H,33,41)(H,35,36,37,38). The van der Waals surface area contributed by atoms with Crippen molar-refractivity contribution < 1.29 is 4.79 Å². The van der Waals surface area contributed by atoms with E-state index in [-0.39, 0.29) is 6.03 Å². The highest BCUT2D eigenvalue weighted by Gasteiger charge is 2.18. The largest absolute Gasteiger partial charge is 0.341 e. The molecule has 212 valence electrons. The number of H-pyrrole nitrogens is 1. The van der Waals surface area contributed by atoms with Crippen molar-refractivity contribution in [2.75, 3.05) is 18.5 Å². The molecule has 0 bridgehead atoms. The quantitative estimate of drug-likeness (QED) is 0.170. The summed E-state index contributed by atoms with van der Waals surface area (Å²) in [6.45, 7) is 5.78. The first-order chi connectivity index (χ1) is 20.1. The van der Waals surface area contributed by atoms with Crippen LogP contribution in [0.15, 0.2) is 66.7 Å². The fourth-order valence-corrected chi connectivity index (χ4v) is 5.22. The topological polar surface area (TPSA) is 105 Å². The number of hydrogen-bond acceptors (Lipinski definition) is 5. The predicted molar refractivity (Wildman–Crippen MR) is 164 cm³/mol. The van der Waals surface area contributed by atoms with Gasteiger partial charge in [0, 0.05) is 37.8 Å². The Hall–Kier alpha value is -4.53. The number of fused-ring (bicyclic) bond motifs is 1. The summed E-state index contributed by atoms with van der Waals surface area (Å²) in [6, 6.07) is 22.9. The molecule has 9 nitrogen and oxygen atoms in total. The van der Waals surface area contributed by atoms with Crippen LogP contribution in [0.5, 0.6) is 0 Å². The van der Waals surface area contributed by atoms with E-state index in [4.69, 9.17) is 4.98 Å². The number of tetrazole rings is 1. The molecule has 0 aliphatic rings. The van der Waals surface area contributed by atoms with Gasteiger partial charge in [0.1, 0.15) is 5.82 Å². The molecule has 9 heteroatoms. The second-order valence-corrected chi connectivity index (χ2v) is 10.3. The van der Waals surface area contributed by atoms with Crippen molar-refractivity contribution in [2.45, 2.75) is 58.9 Å². The average molecular weight is 551 g/mol. The molecule has 2 aromatic heterocycles. The van der Waals surface area contributed by atoms with Crippen molar-refractivity contribution in [3.8, 4) is 22.5 Å². The van der Waals surface area contributed by atoms with Crippen LogP contribution < -0.4 is 10.2 Å². The lowest BCUT2D eigenvalue weighted by atomic mass is 9.98. The first-order valence-corrected chi connectivity index (χ1v) is 14.5. The van der Waals surface area contributed by atoms with E-state index < -0.39 is 0 Å². The van der Waals surface area contributed by atoms with Crippen molar-refractivity contribution in [3.05, 3.63) is 78.1 Å². The van der Waals surface area contributed by atoms with Crippen molar-refractivity contribution in [1.82, 2.24) is 35.5 Å². The van der Waals surface area contributed by atoms with E-state index in [0.29, 0.717) is 12.4 Å². The number of hydrogen-bond donors (Lipinski definition) is 2. The van der Waals surface area contributed by atoms with Gasteiger partial charge in [0.05, 0.1) is 11.0 Å². The number of carbonyl (C=O) groups is 1. The minimum atomic E-state index is -0.0907. The highest BCUT2D eigenvalue weighted by atomic mass is 16.2. The number of aryl methyl sites for hydroxylation is 1. The lowest BCUT2D eigenvalue weighted by molar-refractivity contribution is 0.248. The molecule has 5 rings (SSSR count).